The van der Waals surface area contributed by atoms with Crippen LogP contribution in [0.3, 0.4) is 0 Å². The molecule has 0 radical (unpaired) electrons. The molecule has 1 aliphatic heterocycles. The molecule has 1 saturated heterocycles. The fourth-order valence-electron chi connectivity index (χ4n) is 3.84. The van der Waals surface area contributed by atoms with Crippen molar-refractivity contribution in [1.29, 1.82) is 0 Å². The van der Waals surface area contributed by atoms with E-state index in [4.69, 9.17) is 15.5 Å². The van der Waals surface area contributed by atoms with E-state index in [9.17, 15) is 0 Å². The van der Waals surface area contributed by atoms with E-state index >= 15 is 0 Å². The van der Waals surface area contributed by atoms with Crippen molar-refractivity contribution in [2.45, 2.75) is 51.0 Å². The Morgan fingerprint density at radius 2 is 1.89 bits per heavy atom. The molecule has 1 aliphatic rings. The summed E-state index contributed by atoms with van der Waals surface area (Å²) in [5.41, 5.74) is 10.7. The van der Waals surface area contributed by atoms with Gasteiger partial charge in [-0.15, -0.1) is 0 Å². The van der Waals surface area contributed by atoms with E-state index in [2.05, 4.69) is 34.5 Å². The Labute approximate surface area is 166 Å². The molecule has 0 amide bonds. The van der Waals surface area contributed by atoms with Crippen molar-refractivity contribution in [1.82, 2.24) is 19.7 Å². The van der Waals surface area contributed by atoms with Gasteiger partial charge in [0, 0.05) is 31.5 Å². The van der Waals surface area contributed by atoms with Crippen LogP contribution in [-0.2, 0) is 11.3 Å². The maximum atomic E-state index is 5.54. The molecular weight excluding hydrogens is 350 g/mol. The number of benzene rings is 1. The number of hydrogen-bond acceptors (Lipinski definition) is 5. The summed E-state index contributed by atoms with van der Waals surface area (Å²) in [6.45, 7) is 3.40. The normalized spacial score (nSPS) is 15.3. The van der Waals surface area contributed by atoms with Crippen molar-refractivity contribution >= 4 is 11.0 Å². The maximum Gasteiger partial charge on any atom is 0.0924 e. The standard InChI is InChI=1S/C22H29N5O/c23-9-3-1-2-4-10-27-16-19(14-25-27)22-15-24-20-6-5-18(13-21(20)26-22)17-7-11-28-12-8-17/h5-6,13-17H,1-4,7-12,23H2. The quantitative estimate of drug-likeness (QED) is 0.600. The summed E-state index contributed by atoms with van der Waals surface area (Å²) >= 11 is 0. The molecule has 28 heavy (non-hydrogen) atoms. The number of aryl methyl sites for hydroxylation is 1. The van der Waals surface area contributed by atoms with Crippen LogP contribution >= 0.6 is 0 Å². The SMILES string of the molecule is NCCCCCCn1cc(-c2cnc3ccc(C4CCOCC4)cc3n2)cn1. The summed E-state index contributed by atoms with van der Waals surface area (Å²) < 4.78 is 7.49. The highest BCUT2D eigenvalue weighted by molar-refractivity contribution is 5.77. The number of nitrogens with two attached hydrogens (primary N) is 1. The minimum Gasteiger partial charge on any atom is -0.381 e. The van der Waals surface area contributed by atoms with E-state index in [-0.39, 0.29) is 0 Å². The van der Waals surface area contributed by atoms with Gasteiger partial charge in [0.25, 0.3) is 0 Å². The van der Waals surface area contributed by atoms with E-state index in [1.807, 2.05) is 17.1 Å². The Morgan fingerprint density at radius 1 is 1.04 bits per heavy atom. The molecule has 0 saturated carbocycles. The zero-order valence-electron chi connectivity index (χ0n) is 16.4. The van der Waals surface area contributed by atoms with Gasteiger partial charge in [0.05, 0.1) is 29.1 Å². The summed E-state index contributed by atoms with van der Waals surface area (Å²) in [7, 11) is 0. The Hall–Kier alpha value is -2.31. The van der Waals surface area contributed by atoms with Gasteiger partial charge in [0.1, 0.15) is 0 Å². The van der Waals surface area contributed by atoms with Crippen LogP contribution < -0.4 is 5.73 Å². The number of aromatic nitrogens is 4. The lowest BCUT2D eigenvalue weighted by atomic mass is 9.91. The molecule has 6 nitrogen and oxygen atoms in total. The molecule has 0 aliphatic carbocycles. The minimum atomic E-state index is 0.561. The second kappa shape index (κ2) is 9.26. The van der Waals surface area contributed by atoms with Crippen molar-refractivity contribution in [2.24, 2.45) is 5.73 Å². The lowest BCUT2D eigenvalue weighted by molar-refractivity contribution is 0.0853. The summed E-state index contributed by atoms with van der Waals surface area (Å²) in [6.07, 6.45) is 12.6. The summed E-state index contributed by atoms with van der Waals surface area (Å²) in [4.78, 5) is 9.49. The fraction of sp³-hybridized carbons (Fsp3) is 0.500. The average molecular weight is 380 g/mol. The lowest BCUT2D eigenvalue weighted by Gasteiger charge is -2.22. The van der Waals surface area contributed by atoms with Crippen LogP contribution in [0.5, 0.6) is 0 Å². The van der Waals surface area contributed by atoms with E-state index in [1.54, 1.807) is 0 Å². The van der Waals surface area contributed by atoms with Crippen molar-refractivity contribution < 1.29 is 4.74 Å². The van der Waals surface area contributed by atoms with Gasteiger partial charge in [-0.1, -0.05) is 18.9 Å². The third-order valence-corrected chi connectivity index (χ3v) is 5.53. The van der Waals surface area contributed by atoms with Gasteiger partial charge in [-0.25, -0.2) is 4.98 Å². The molecule has 2 N–H and O–H groups in total. The monoisotopic (exact) mass is 379 g/mol. The summed E-state index contributed by atoms with van der Waals surface area (Å²) in [6, 6.07) is 6.47. The first-order chi connectivity index (χ1) is 13.8. The van der Waals surface area contributed by atoms with Gasteiger partial charge in [0.15, 0.2) is 0 Å². The molecule has 1 fully saturated rings. The molecule has 0 bridgehead atoms. The van der Waals surface area contributed by atoms with Crippen LogP contribution in [0.4, 0.5) is 0 Å². The number of unbranched alkanes of at least 4 members (excludes halogenated alkanes) is 3. The number of rotatable bonds is 8. The number of fused-ring (bicyclic) bond motifs is 1. The third kappa shape index (κ3) is 4.56. The molecule has 1 aromatic carbocycles. The first-order valence-electron chi connectivity index (χ1n) is 10.4. The Kier molecular flexibility index (Phi) is 6.29. The predicted molar refractivity (Wildman–Crippen MR) is 111 cm³/mol. The highest BCUT2D eigenvalue weighted by Gasteiger charge is 2.16. The fourth-order valence-corrected chi connectivity index (χ4v) is 3.84. The van der Waals surface area contributed by atoms with Crippen LogP contribution in [-0.4, -0.2) is 39.5 Å². The molecule has 4 rings (SSSR count). The zero-order valence-corrected chi connectivity index (χ0v) is 16.4. The molecule has 3 heterocycles. The zero-order chi connectivity index (χ0) is 19.2. The van der Waals surface area contributed by atoms with Gasteiger partial charge in [0.2, 0.25) is 0 Å². The van der Waals surface area contributed by atoms with E-state index < -0.39 is 0 Å². The highest BCUT2D eigenvalue weighted by Crippen LogP contribution is 2.29. The lowest BCUT2D eigenvalue weighted by Crippen LogP contribution is -2.14. The number of ether oxygens (including phenoxy) is 1. The maximum absolute atomic E-state index is 5.54. The number of hydrogen-bond donors (Lipinski definition) is 1. The smallest absolute Gasteiger partial charge is 0.0924 e. The van der Waals surface area contributed by atoms with Crippen LogP contribution in [0.2, 0.25) is 0 Å². The van der Waals surface area contributed by atoms with Crippen LogP contribution in [0.15, 0.2) is 36.8 Å². The van der Waals surface area contributed by atoms with E-state index in [1.165, 1.54) is 18.4 Å². The first-order valence-corrected chi connectivity index (χ1v) is 10.4. The molecule has 0 spiro atoms. The summed E-state index contributed by atoms with van der Waals surface area (Å²) in [5.74, 6) is 0.561. The molecule has 0 atom stereocenters. The number of nitrogens with zero attached hydrogens (tertiary/aromatic N) is 4. The Morgan fingerprint density at radius 3 is 2.75 bits per heavy atom. The third-order valence-electron chi connectivity index (χ3n) is 5.53. The van der Waals surface area contributed by atoms with Gasteiger partial charge in [-0.3, -0.25) is 9.67 Å². The molecule has 2 aromatic heterocycles. The molecular formula is C22H29N5O. The van der Waals surface area contributed by atoms with Crippen LogP contribution in [0, 0.1) is 0 Å². The largest absolute Gasteiger partial charge is 0.381 e. The Balaban J connectivity index is 1.47. The average Bonchev–Trinajstić information content (AvgIpc) is 3.22. The van der Waals surface area contributed by atoms with Gasteiger partial charge in [-0.05, 0) is 55.8 Å². The molecule has 0 unspecified atom stereocenters. The summed E-state index contributed by atoms with van der Waals surface area (Å²) in [5, 5.41) is 4.49. The first kappa shape index (κ1) is 19.0. The Bertz CT molecular complexity index is 901. The van der Waals surface area contributed by atoms with Gasteiger partial charge >= 0.3 is 0 Å². The van der Waals surface area contributed by atoms with Crippen molar-refractivity contribution in [3.63, 3.8) is 0 Å². The van der Waals surface area contributed by atoms with Crippen LogP contribution in [0.25, 0.3) is 22.3 Å². The van der Waals surface area contributed by atoms with Crippen molar-refractivity contribution in [2.75, 3.05) is 19.8 Å². The van der Waals surface area contributed by atoms with Gasteiger partial charge in [-0.2, -0.15) is 5.10 Å². The van der Waals surface area contributed by atoms with E-state index in [0.717, 1.165) is 74.3 Å². The molecule has 148 valence electrons. The predicted octanol–water partition coefficient (Wildman–Crippen LogP) is 3.91. The molecule has 3 aromatic rings. The molecule has 6 heteroatoms. The second-order valence-corrected chi connectivity index (χ2v) is 7.59. The van der Waals surface area contributed by atoms with Crippen LogP contribution in [0.1, 0.15) is 50.0 Å². The van der Waals surface area contributed by atoms with Gasteiger partial charge < -0.3 is 10.5 Å². The van der Waals surface area contributed by atoms with E-state index in [0.29, 0.717) is 5.92 Å². The van der Waals surface area contributed by atoms with Crippen molar-refractivity contribution in [3.8, 4) is 11.3 Å². The topological polar surface area (TPSA) is 78.9 Å². The van der Waals surface area contributed by atoms with Crippen molar-refractivity contribution in [3.05, 3.63) is 42.4 Å². The second-order valence-electron chi connectivity index (χ2n) is 7.59. The minimum absolute atomic E-state index is 0.561. The highest BCUT2D eigenvalue weighted by atomic mass is 16.5.